The van der Waals surface area contributed by atoms with Gasteiger partial charge in [-0.2, -0.15) is 0 Å². The summed E-state index contributed by atoms with van der Waals surface area (Å²) in [7, 11) is 0. The molecule has 0 aliphatic carbocycles. The molecule has 1 atom stereocenters. The van der Waals surface area contributed by atoms with E-state index >= 15 is 0 Å². The van der Waals surface area contributed by atoms with E-state index in [1.54, 1.807) is 0 Å². The molecule has 1 rings (SSSR count). The lowest BCUT2D eigenvalue weighted by Gasteiger charge is -2.13. The van der Waals surface area contributed by atoms with Crippen molar-refractivity contribution < 1.29 is 9.84 Å². The van der Waals surface area contributed by atoms with Crippen LogP contribution in [0.4, 0.5) is 0 Å². The minimum Gasteiger partial charge on any atom is -0.491 e. The van der Waals surface area contributed by atoms with Gasteiger partial charge in [0.2, 0.25) is 0 Å². The number of aliphatic hydroxyl groups excluding tert-OH is 1. The molecule has 1 aromatic carbocycles. The van der Waals surface area contributed by atoms with E-state index in [9.17, 15) is 5.11 Å². The van der Waals surface area contributed by atoms with Gasteiger partial charge in [-0.1, -0.05) is 41.6 Å². The summed E-state index contributed by atoms with van der Waals surface area (Å²) in [4.78, 5) is 0. The highest BCUT2D eigenvalue weighted by Gasteiger charge is 2.04. The number of rotatable bonds is 8. The first-order valence-electron chi connectivity index (χ1n) is 6.05. The molecular formula is C14H20BrNO2. The molecule has 0 fully saturated rings. The van der Waals surface area contributed by atoms with E-state index < -0.39 is 6.10 Å². The smallest absolute Gasteiger partial charge is 0.119 e. The van der Waals surface area contributed by atoms with Crippen molar-refractivity contribution in [2.75, 3.05) is 19.7 Å². The van der Waals surface area contributed by atoms with Crippen LogP contribution < -0.4 is 10.1 Å². The van der Waals surface area contributed by atoms with Crippen LogP contribution in [0.1, 0.15) is 12.5 Å². The molecule has 2 N–H and O–H groups in total. The van der Waals surface area contributed by atoms with E-state index in [-0.39, 0.29) is 6.61 Å². The fraction of sp³-hybridized carbons (Fsp3) is 0.429. The molecule has 100 valence electrons. The summed E-state index contributed by atoms with van der Waals surface area (Å²) in [5.74, 6) is 0.788. The topological polar surface area (TPSA) is 41.5 Å². The lowest BCUT2D eigenvalue weighted by molar-refractivity contribution is 0.107. The zero-order valence-corrected chi connectivity index (χ0v) is 12.2. The number of hydrogen-bond acceptors (Lipinski definition) is 3. The van der Waals surface area contributed by atoms with E-state index in [0.29, 0.717) is 13.1 Å². The van der Waals surface area contributed by atoms with Crippen LogP contribution in [0.15, 0.2) is 35.3 Å². The van der Waals surface area contributed by atoms with Crippen LogP contribution in [0.2, 0.25) is 0 Å². The van der Waals surface area contributed by atoms with Crippen molar-refractivity contribution in [3.8, 4) is 5.75 Å². The average Bonchev–Trinajstić information content (AvgIpc) is 2.36. The van der Waals surface area contributed by atoms with Gasteiger partial charge in [0, 0.05) is 17.6 Å². The second kappa shape index (κ2) is 8.29. The average molecular weight is 314 g/mol. The van der Waals surface area contributed by atoms with E-state index in [1.807, 2.05) is 24.3 Å². The van der Waals surface area contributed by atoms with Gasteiger partial charge in [-0.3, -0.25) is 0 Å². The monoisotopic (exact) mass is 313 g/mol. The number of benzene rings is 1. The summed E-state index contributed by atoms with van der Waals surface area (Å²) in [5.41, 5.74) is 1.28. The third kappa shape index (κ3) is 6.19. The Hall–Kier alpha value is -0.840. The van der Waals surface area contributed by atoms with Gasteiger partial charge in [-0.15, -0.1) is 0 Å². The van der Waals surface area contributed by atoms with Crippen LogP contribution in [0.25, 0.3) is 0 Å². The lowest BCUT2D eigenvalue weighted by atomic mass is 10.2. The molecule has 1 aromatic rings. The van der Waals surface area contributed by atoms with Crippen LogP contribution in [0, 0.1) is 0 Å². The van der Waals surface area contributed by atoms with E-state index in [2.05, 4.69) is 34.7 Å². The second-order valence-corrected chi connectivity index (χ2v) is 5.23. The lowest BCUT2D eigenvalue weighted by Crippen LogP contribution is -2.32. The van der Waals surface area contributed by atoms with Crippen molar-refractivity contribution in [3.05, 3.63) is 40.9 Å². The molecule has 0 aromatic heterocycles. The molecule has 18 heavy (non-hydrogen) atoms. The normalized spacial score (nSPS) is 12.2. The maximum Gasteiger partial charge on any atom is 0.119 e. The van der Waals surface area contributed by atoms with E-state index in [4.69, 9.17) is 4.74 Å². The summed E-state index contributed by atoms with van der Waals surface area (Å²) in [6, 6.07) is 7.93. The van der Waals surface area contributed by atoms with Crippen LogP contribution >= 0.6 is 15.9 Å². The van der Waals surface area contributed by atoms with E-state index in [0.717, 1.165) is 16.7 Å². The Labute approximate surface area is 117 Å². The molecule has 1 unspecified atom stereocenters. The first kappa shape index (κ1) is 15.2. The van der Waals surface area contributed by atoms with Crippen molar-refractivity contribution in [1.29, 1.82) is 0 Å². The fourth-order valence-electron chi connectivity index (χ4n) is 1.45. The van der Waals surface area contributed by atoms with Gasteiger partial charge in [-0.05, 0) is 24.1 Å². The quantitative estimate of drug-likeness (QED) is 0.775. The van der Waals surface area contributed by atoms with E-state index in [1.165, 1.54) is 5.56 Å². The van der Waals surface area contributed by atoms with Crippen molar-refractivity contribution in [2.24, 2.45) is 0 Å². The first-order chi connectivity index (χ1) is 8.61. The SMILES string of the molecule is C=C(Br)CNCC(O)COc1ccc(CC)cc1. The molecule has 4 heteroatoms. The third-order valence-corrected chi connectivity index (χ3v) is 2.75. The maximum absolute atomic E-state index is 9.69. The predicted octanol–water partition coefficient (Wildman–Crippen LogP) is 2.49. The second-order valence-electron chi connectivity index (χ2n) is 4.11. The summed E-state index contributed by atoms with van der Waals surface area (Å²) in [6.07, 6.45) is 0.492. The van der Waals surface area contributed by atoms with Gasteiger partial charge in [0.1, 0.15) is 18.5 Å². The molecule has 0 bridgehead atoms. The van der Waals surface area contributed by atoms with Crippen LogP contribution in [-0.4, -0.2) is 30.9 Å². The number of ether oxygens (including phenoxy) is 1. The number of aliphatic hydroxyl groups is 1. The number of halogens is 1. The Morgan fingerprint density at radius 2 is 2.11 bits per heavy atom. The third-order valence-electron chi connectivity index (χ3n) is 2.47. The predicted molar refractivity (Wildman–Crippen MR) is 78.3 cm³/mol. The van der Waals surface area contributed by atoms with Gasteiger partial charge in [0.15, 0.2) is 0 Å². The summed E-state index contributed by atoms with van der Waals surface area (Å²) in [5, 5.41) is 12.8. The number of nitrogens with one attached hydrogen (secondary N) is 1. The van der Waals surface area contributed by atoms with Gasteiger partial charge in [0.05, 0.1) is 0 Å². The fourth-order valence-corrected chi connectivity index (χ4v) is 1.65. The van der Waals surface area contributed by atoms with Gasteiger partial charge in [0.25, 0.3) is 0 Å². The maximum atomic E-state index is 9.69. The molecule has 0 saturated carbocycles. The Morgan fingerprint density at radius 1 is 1.44 bits per heavy atom. The Morgan fingerprint density at radius 3 is 2.67 bits per heavy atom. The molecule has 0 spiro atoms. The van der Waals surface area contributed by atoms with Crippen molar-refractivity contribution in [3.63, 3.8) is 0 Å². The van der Waals surface area contributed by atoms with Crippen molar-refractivity contribution in [1.82, 2.24) is 5.32 Å². The van der Waals surface area contributed by atoms with Crippen molar-refractivity contribution in [2.45, 2.75) is 19.4 Å². The molecular weight excluding hydrogens is 294 g/mol. The molecule has 0 saturated heterocycles. The summed E-state index contributed by atoms with van der Waals surface area (Å²) >= 11 is 3.24. The largest absolute Gasteiger partial charge is 0.491 e. The minimum absolute atomic E-state index is 0.285. The van der Waals surface area contributed by atoms with Crippen molar-refractivity contribution >= 4 is 15.9 Å². The molecule has 0 radical (unpaired) electrons. The Bertz CT molecular complexity index is 365. The number of hydrogen-bond donors (Lipinski definition) is 2. The van der Waals surface area contributed by atoms with Crippen LogP contribution in [-0.2, 0) is 6.42 Å². The molecule has 0 aliphatic heterocycles. The zero-order valence-electron chi connectivity index (χ0n) is 10.7. The Balaban J connectivity index is 2.24. The highest BCUT2D eigenvalue weighted by molar-refractivity contribution is 9.11. The first-order valence-corrected chi connectivity index (χ1v) is 6.85. The van der Waals surface area contributed by atoms with Gasteiger partial charge >= 0.3 is 0 Å². The summed E-state index contributed by atoms with van der Waals surface area (Å²) < 4.78 is 6.37. The highest BCUT2D eigenvalue weighted by atomic mass is 79.9. The molecule has 3 nitrogen and oxygen atoms in total. The van der Waals surface area contributed by atoms with Gasteiger partial charge in [-0.25, -0.2) is 0 Å². The van der Waals surface area contributed by atoms with Gasteiger partial charge < -0.3 is 15.2 Å². The molecule has 0 amide bonds. The summed E-state index contributed by atoms with van der Waals surface area (Å²) in [6.45, 7) is 7.23. The Kier molecular flexibility index (Phi) is 7.01. The standard InChI is InChI=1S/C14H20BrNO2/c1-3-12-4-6-14(7-5-12)18-10-13(17)9-16-8-11(2)15/h4-7,13,16-17H,2-3,8-10H2,1H3. The highest BCUT2D eigenvalue weighted by Crippen LogP contribution is 2.12. The van der Waals surface area contributed by atoms with Crippen LogP contribution in [0.3, 0.4) is 0 Å². The number of aryl methyl sites for hydroxylation is 1. The zero-order chi connectivity index (χ0) is 13.4. The van der Waals surface area contributed by atoms with Crippen LogP contribution in [0.5, 0.6) is 5.75 Å². The molecule has 0 aliphatic rings. The minimum atomic E-state index is -0.525. The molecule has 0 heterocycles.